The van der Waals surface area contributed by atoms with Crippen LogP contribution in [0.25, 0.3) is 10.7 Å². The molecule has 0 saturated heterocycles. The molecule has 122 valence electrons. The normalized spacial score (nSPS) is 10.6. The molecule has 9 heteroatoms. The van der Waals surface area contributed by atoms with Crippen LogP contribution in [-0.2, 0) is 4.79 Å². The van der Waals surface area contributed by atoms with Gasteiger partial charge in [0.25, 0.3) is 0 Å². The Morgan fingerprint density at radius 2 is 2.08 bits per heavy atom. The van der Waals surface area contributed by atoms with E-state index in [1.54, 1.807) is 24.4 Å². The number of anilines is 1. The van der Waals surface area contributed by atoms with E-state index in [1.165, 1.54) is 23.1 Å². The molecule has 5 nitrogen and oxygen atoms in total. The first-order valence-corrected chi connectivity index (χ1v) is 9.30. The van der Waals surface area contributed by atoms with Gasteiger partial charge in [-0.3, -0.25) is 15.1 Å². The molecule has 1 aromatic carbocycles. The number of amides is 1. The van der Waals surface area contributed by atoms with Gasteiger partial charge in [-0.2, -0.15) is 0 Å². The molecule has 3 rings (SSSR count). The van der Waals surface area contributed by atoms with Gasteiger partial charge in [0.2, 0.25) is 11.0 Å². The fraction of sp³-hybridized carbons (Fsp3) is 0.0667. The number of carbonyl (C=O) groups excluding carboxylic acids is 1. The summed E-state index contributed by atoms with van der Waals surface area (Å²) in [7, 11) is 0. The van der Waals surface area contributed by atoms with Crippen LogP contribution in [0.15, 0.2) is 47.5 Å². The molecule has 2 aromatic heterocycles. The molecule has 0 aliphatic heterocycles. The van der Waals surface area contributed by atoms with E-state index in [0.717, 1.165) is 10.6 Å². The van der Waals surface area contributed by atoms with Gasteiger partial charge in [-0.1, -0.05) is 40.6 Å². The van der Waals surface area contributed by atoms with Gasteiger partial charge in [-0.25, -0.2) is 0 Å². The summed E-state index contributed by atoms with van der Waals surface area (Å²) >= 11 is 14.6. The van der Waals surface area contributed by atoms with Crippen molar-refractivity contribution in [3.8, 4) is 10.7 Å². The van der Waals surface area contributed by atoms with Crippen LogP contribution in [0.5, 0.6) is 0 Å². The summed E-state index contributed by atoms with van der Waals surface area (Å²) < 4.78 is 0. The van der Waals surface area contributed by atoms with E-state index < -0.39 is 0 Å². The number of nitrogens with one attached hydrogen (secondary N) is 1. The zero-order valence-corrected chi connectivity index (χ0v) is 15.2. The van der Waals surface area contributed by atoms with E-state index in [-0.39, 0.29) is 11.7 Å². The molecule has 0 aliphatic rings. The molecule has 24 heavy (non-hydrogen) atoms. The van der Waals surface area contributed by atoms with E-state index in [2.05, 4.69) is 20.5 Å². The van der Waals surface area contributed by atoms with Crippen LogP contribution < -0.4 is 5.32 Å². The van der Waals surface area contributed by atoms with Crippen LogP contribution in [-0.4, -0.2) is 26.8 Å². The highest BCUT2D eigenvalue weighted by Gasteiger charge is 2.11. The highest BCUT2D eigenvalue weighted by molar-refractivity contribution is 8.00. The minimum atomic E-state index is -0.195. The van der Waals surface area contributed by atoms with Gasteiger partial charge >= 0.3 is 0 Å². The molecular formula is C15H10Cl2N4OS2. The topological polar surface area (TPSA) is 67.8 Å². The Hall–Kier alpha value is -1.67. The summed E-state index contributed by atoms with van der Waals surface area (Å²) in [5.41, 5.74) is 0.718. The molecule has 0 bridgehead atoms. The van der Waals surface area contributed by atoms with Gasteiger partial charge in [0.1, 0.15) is 5.69 Å². The van der Waals surface area contributed by atoms with E-state index in [4.69, 9.17) is 23.2 Å². The van der Waals surface area contributed by atoms with Crippen molar-refractivity contribution in [3.05, 3.63) is 52.6 Å². The molecule has 0 saturated carbocycles. The van der Waals surface area contributed by atoms with Crippen molar-refractivity contribution in [1.29, 1.82) is 0 Å². The van der Waals surface area contributed by atoms with Gasteiger partial charge in [-0.15, -0.1) is 22.0 Å². The molecular weight excluding hydrogens is 387 g/mol. The number of carbonyl (C=O) groups is 1. The lowest BCUT2D eigenvalue weighted by Gasteiger charge is -2.04. The summed E-state index contributed by atoms with van der Waals surface area (Å²) in [5.74, 6) is -0.00165. The lowest BCUT2D eigenvalue weighted by Crippen LogP contribution is -2.13. The van der Waals surface area contributed by atoms with Crippen molar-refractivity contribution in [3.63, 3.8) is 0 Å². The SMILES string of the molecule is O=C(CSc1cc(Cl)ccc1Cl)Nc1nnc(-c2ccccn2)s1. The van der Waals surface area contributed by atoms with Crippen LogP contribution in [0, 0.1) is 0 Å². The van der Waals surface area contributed by atoms with Gasteiger partial charge in [0.05, 0.1) is 10.8 Å². The molecule has 0 unspecified atom stereocenters. The van der Waals surface area contributed by atoms with Crippen molar-refractivity contribution in [2.75, 3.05) is 11.1 Å². The number of rotatable bonds is 5. The average Bonchev–Trinajstić information content (AvgIpc) is 3.05. The van der Waals surface area contributed by atoms with Crippen LogP contribution >= 0.6 is 46.3 Å². The van der Waals surface area contributed by atoms with Gasteiger partial charge < -0.3 is 0 Å². The smallest absolute Gasteiger partial charge is 0.236 e. The Bertz CT molecular complexity index is 858. The number of nitrogens with zero attached hydrogens (tertiary/aromatic N) is 3. The first-order valence-electron chi connectivity index (χ1n) is 6.74. The Balaban J connectivity index is 1.59. The summed E-state index contributed by atoms with van der Waals surface area (Å²) in [6, 6.07) is 10.7. The number of benzene rings is 1. The second kappa shape index (κ2) is 7.94. The maximum Gasteiger partial charge on any atom is 0.236 e. The summed E-state index contributed by atoms with van der Waals surface area (Å²) in [5, 5.41) is 12.9. The number of aromatic nitrogens is 3. The third-order valence-electron chi connectivity index (χ3n) is 2.81. The quantitative estimate of drug-likeness (QED) is 0.636. The minimum absolute atomic E-state index is 0.193. The van der Waals surface area contributed by atoms with Gasteiger partial charge in [0.15, 0.2) is 5.01 Å². The van der Waals surface area contributed by atoms with Gasteiger partial charge in [-0.05, 0) is 30.3 Å². The molecule has 0 radical (unpaired) electrons. The number of thioether (sulfide) groups is 1. The predicted molar refractivity (Wildman–Crippen MR) is 99.0 cm³/mol. The lowest BCUT2D eigenvalue weighted by atomic mass is 10.4. The zero-order valence-electron chi connectivity index (χ0n) is 12.1. The van der Waals surface area contributed by atoms with Crippen molar-refractivity contribution >= 4 is 57.3 Å². The second-order valence-corrected chi connectivity index (χ2v) is 7.38. The standard InChI is InChI=1S/C15H10Cl2N4OS2/c16-9-4-5-10(17)12(7-9)23-8-13(22)19-15-21-20-14(24-15)11-3-1-2-6-18-11/h1-7H,8H2,(H,19,21,22). The second-order valence-electron chi connectivity index (χ2n) is 4.54. The maximum absolute atomic E-state index is 12.0. The predicted octanol–water partition coefficient (Wildman–Crippen LogP) is 4.64. The van der Waals surface area contributed by atoms with E-state index in [0.29, 0.717) is 20.2 Å². The Labute approximate surface area is 156 Å². The summed E-state index contributed by atoms with van der Waals surface area (Å²) in [6.45, 7) is 0. The largest absolute Gasteiger partial charge is 0.300 e. The molecule has 2 heterocycles. The molecule has 1 amide bonds. The molecule has 0 spiro atoms. The minimum Gasteiger partial charge on any atom is -0.300 e. The Morgan fingerprint density at radius 3 is 2.88 bits per heavy atom. The Morgan fingerprint density at radius 1 is 1.21 bits per heavy atom. The molecule has 3 aromatic rings. The number of hydrogen-bond donors (Lipinski definition) is 1. The summed E-state index contributed by atoms with van der Waals surface area (Å²) in [4.78, 5) is 17.0. The first-order chi connectivity index (χ1) is 11.6. The fourth-order valence-electron chi connectivity index (χ4n) is 1.75. The molecule has 0 fully saturated rings. The van der Waals surface area contributed by atoms with Gasteiger partial charge in [0, 0.05) is 16.1 Å². The summed E-state index contributed by atoms with van der Waals surface area (Å²) in [6.07, 6.45) is 1.68. The van der Waals surface area contributed by atoms with Crippen molar-refractivity contribution in [1.82, 2.24) is 15.2 Å². The van der Waals surface area contributed by atoms with Crippen LogP contribution in [0.1, 0.15) is 0 Å². The number of pyridine rings is 1. The Kier molecular flexibility index (Phi) is 5.68. The zero-order chi connectivity index (χ0) is 16.9. The fourth-order valence-corrected chi connectivity index (χ4v) is 3.78. The lowest BCUT2D eigenvalue weighted by molar-refractivity contribution is -0.113. The highest BCUT2D eigenvalue weighted by Crippen LogP contribution is 2.30. The van der Waals surface area contributed by atoms with E-state index >= 15 is 0 Å². The van der Waals surface area contributed by atoms with E-state index in [9.17, 15) is 4.79 Å². The van der Waals surface area contributed by atoms with E-state index in [1.807, 2.05) is 18.2 Å². The third-order valence-corrected chi connectivity index (χ3v) is 5.40. The maximum atomic E-state index is 12.0. The molecule has 1 N–H and O–H groups in total. The van der Waals surface area contributed by atoms with Crippen LogP contribution in [0.4, 0.5) is 5.13 Å². The number of halogens is 2. The monoisotopic (exact) mass is 396 g/mol. The van der Waals surface area contributed by atoms with Crippen molar-refractivity contribution in [2.24, 2.45) is 0 Å². The number of hydrogen-bond acceptors (Lipinski definition) is 6. The first kappa shape index (κ1) is 17.2. The van der Waals surface area contributed by atoms with Crippen molar-refractivity contribution < 1.29 is 4.79 Å². The third kappa shape index (κ3) is 4.45. The van der Waals surface area contributed by atoms with Crippen LogP contribution in [0.2, 0.25) is 10.0 Å². The van der Waals surface area contributed by atoms with Crippen LogP contribution in [0.3, 0.4) is 0 Å². The molecule has 0 atom stereocenters. The highest BCUT2D eigenvalue weighted by atomic mass is 35.5. The van der Waals surface area contributed by atoms with Crippen molar-refractivity contribution in [2.45, 2.75) is 4.90 Å². The molecule has 0 aliphatic carbocycles. The average molecular weight is 397 g/mol.